The van der Waals surface area contributed by atoms with Crippen molar-refractivity contribution in [3.05, 3.63) is 0 Å². The zero-order valence-electron chi connectivity index (χ0n) is 15.0. The van der Waals surface area contributed by atoms with Gasteiger partial charge in [0, 0.05) is 12.1 Å². The SMILES string of the molecule is C#CCOC1CCC(C(C)(C)C2CCC(OC#C)C(N)C2)CC1N. The molecule has 0 aromatic heterocycles. The molecular formula is C20H32N2O2. The number of ether oxygens (including phenoxy) is 2. The Morgan fingerprint density at radius 3 is 1.96 bits per heavy atom. The number of hydrogen-bond donors (Lipinski definition) is 2. The van der Waals surface area contributed by atoms with Crippen LogP contribution in [0.5, 0.6) is 0 Å². The van der Waals surface area contributed by atoms with E-state index >= 15 is 0 Å². The molecule has 4 N–H and O–H groups in total. The fourth-order valence-electron chi connectivity index (χ4n) is 4.64. The van der Waals surface area contributed by atoms with E-state index in [1.807, 2.05) is 0 Å². The van der Waals surface area contributed by atoms with Gasteiger partial charge in [-0.1, -0.05) is 26.2 Å². The van der Waals surface area contributed by atoms with Gasteiger partial charge in [-0.2, -0.15) is 0 Å². The molecule has 0 aliphatic heterocycles. The molecule has 134 valence electrons. The topological polar surface area (TPSA) is 70.5 Å². The molecule has 0 bridgehead atoms. The zero-order chi connectivity index (χ0) is 17.7. The minimum Gasteiger partial charge on any atom is -0.442 e. The first-order valence-electron chi connectivity index (χ1n) is 9.07. The average Bonchev–Trinajstić information content (AvgIpc) is 2.55. The van der Waals surface area contributed by atoms with Crippen LogP contribution in [0.2, 0.25) is 0 Å². The van der Waals surface area contributed by atoms with Crippen LogP contribution in [0.4, 0.5) is 0 Å². The zero-order valence-corrected chi connectivity index (χ0v) is 15.0. The van der Waals surface area contributed by atoms with Crippen molar-refractivity contribution in [3.63, 3.8) is 0 Å². The van der Waals surface area contributed by atoms with Crippen molar-refractivity contribution in [2.24, 2.45) is 28.7 Å². The predicted octanol–water partition coefficient (Wildman–Crippen LogP) is 2.26. The van der Waals surface area contributed by atoms with Gasteiger partial charge in [0.2, 0.25) is 0 Å². The van der Waals surface area contributed by atoms with Gasteiger partial charge in [-0.15, -0.1) is 6.42 Å². The molecule has 4 heteroatoms. The monoisotopic (exact) mass is 332 g/mol. The Morgan fingerprint density at radius 2 is 1.50 bits per heavy atom. The lowest BCUT2D eigenvalue weighted by Gasteiger charge is -2.48. The molecule has 0 saturated heterocycles. The van der Waals surface area contributed by atoms with Crippen LogP contribution in [-0.4, -0.2) is 30.9 Å². The summed E-state index contributed by atoms with van der Waals surface area (Å²) in [6, 6.07) is 0.0780. The third-order valence-electron chi connectivity index (χ3n) is 6.37. The van der Waals surface area contributed by atoms with E-state index in [-0.39, 0.29) is 29.7 Å². The Morgan fingerprint density at radius 1 is 0.958 bits per heavy atom. The molecule has 2 aliphatic carbocycles. The molecule has 0 amide bonds. The van der Waals surface area contributed by atoms with E-state index in [2.05, 4.69) is 25.9 Å². The second kappa shape index (κ2) is 8.26. The van der Waals surface area contributed by atoms with Crippen molar-refractivity contribution >= 4 is 0 Å². The number of hydrogen-bond acceptors (Lipinski definition) is 4. The summed E-state index contributed by atoms with van der Waals surface area (Å²) in [7, 11) is 0. The molecule has 6 atom stereocenters. The van der Waals surface area contributed by atoms with E-state index in [1.54, 1.807) is 0 Å². The molecule has 0 aromatic rings. The van der Waals surface area contributed by atoms with Gasteiger partial charge in [0.05, 0.1) is 6.10 Å². The molecule has 2 rings (SSSR count). The summed E-state index contributed by atoms with van der Waals surface area (Å²) in [5.41, 5.74) is 12.9. The summed E-state index contributed by atoms with van der Waals surface area (Å²) in [5, 5.41) is 0. The molecule has 2 aliphatic rings. The highest BCUT2D eigenvalue weighted by Crippen LogP contribution is 2.48. The quantitative estimate of drug-likeness (QED) is 0.758. The first-order valence-corrected chi connectivity index (χ1v) is 9.07. The summed E-state index contributed by atoms with van der Waals surface area (Å²) in [6.45, 7) is 5.08. The maximum absolute atomic E-state index is 6.36. The molecule has 0 heterocycles. The average molecular weight is 332 g/mol. The molecule has 2 saturated carbocycles. The van der Waals surface area contributed by atoms with E-state index in [0.717, 1.165) is 38.5 Å². The van der Waals surface area contributed by atoms with Crippen LogP contribution < -0.4 is 11.5 Å². The van der Waals surface area contributed by atoms with Crippen LogP contribution in [-0.2, 0) is 9.47 Å². The Labute approximate surface area is 147 Å². The Balaban J connectivity index is 1.94. The third kappa shape index (κ3) is 4.25. The van der Waals surface area contributed by atoms with Crippen LogP contribution in [0, 0.1) is 42.1 Å². The minimum atomic E-state index is -0.00259. The Bertz CT molecular complexity index is 491. The Kier molecular flexibility index (Phi) is 6.58. The van der Waals surface area contributed by atoms with Crippen molar-refractivity contribution in [2.45, 2.75) is 76.7 Å². The van der Waals surface area contributed by atoms with Gasteiger partial charge < -0.3 is 20.9 Å². The summed E-state index contributed by atoms with van der Waals surface area (Å²) in [6.07, 6.45) is 19.0. The van der Waals surface area contributed by atoms with E-state index in [4.69, 9.17) is 33.8 Å². The lowest BCUT2D eigenvalue weighted by Crippen LogP contribution is -2.50. The van der Waals surface area contributed by atoms with E-state index in [1.165, 1.54) is 0 Å². The summed E-state index contributed by atoms with van der Waals surface area (Å²) < 4.78 is 11.0. The normalized spacial score (nSPS) is 37.2. The molecule has 6 unspecified atom stereocenters. The van der Waals surface area contributed by atoms with Gasteiger partial charge in [0.25, 0.3) is 0 Å². The van der Waals surface area contributed by atoms with Gasteiger partial charge in [-0.3, -0.25) is 0 Å². The van der Waals surface area contributed by atoms with Crippen molar-refractivity contribution in [1.29, 1.82) is 0 Å². The third-order valence-corrected chi connectivity index (χ3v) is 6.37. The fourth-order valence-corrected chi connectivity index (χ4v) is 4.64. The fraction of sp³-hybridized carbons (Fsp3) is 0.800. The predicted molar refractivity (Wildman–Crippen MR) is 96.7 cm³/mol. The number of terminal acetylenes is 2. The minimum absolute atomic E-state index is 0.00259. The second-order valence-electron chi connectivity index (χ2n) is 8.00. The number of rotatable bonds is 5. The molecule has 4 nitrogen and oxygen atoms in total. The van der Waals surface area contributed by atoms with E-state index in [9.17, 15) is 0 Å². The summed E-state index contributed by atoms with van der Waals surface area (Å²) in [4.78, 5) is 0. The van der Waals surface area contributed by atoms with E-state index < -0.39 is 0 Å². The van der Waals surface area contributed by atoms with Crippen LogP contribution in [0.3, 0.4) is 0 Å². The molecule has 0 aromatic carbocycles. The van der Waals surface area contributed by atoms with Crippen LogP contribution in [0.15, 0.2) is 0 Å². The number of nitrogens with two attached hydrogens (primary N) is 2. The van der Waals surface area contributed by atoms with Gasteiger partial charge in [0.1, 0.15) is 18.8 Å². The van der Waals surface area contributed by atoms with Gasteiger partial charge in [-0.05, 0) is 55.8 Å². The first kappa shape index (κ1) is 19.1. The highest BCUT2D eigenvalue weighted by molar-refractivity contribution is 4.97. The molecular weight excluding hydrogens is 300 g/mol. The van der Waals surface area contributed by atoms with Crippen molar-refractivity contribution in [1.82, 2.24) is 0 Å². The maximum atomic E-state index is 6.36. The van der Waals surface area contributed by atoms with Crippen molar-refractivity contribution in [2.75, 3.05) is 6.61 Å². The standard InChI is InChI=1S/C20H32N2O2/c1-5-11-24-19-10-8-15(13-17(19)22)20(3,4)14-7-9-18(23-6-2)16(21)12-14/h1-2,14-19H,7-13,21-22H2,3-4H3. The lowest BCUT2D eigenvalue weighted by molar-refractivity contribution is -0.0291. The lowest BCUT2D eigenvalue weighted by atomic mass is 9.59. The van der Waals surface area contributed by atoms with E-state index in [0.29, 0.717) is 18.4 Å². The molecule has 0 radical (unpaired) electrons. The van der Waals surface area contributed by atoms with Gasteiger partial charge in [0.15, 0.2) is 0 Å². The second-order valence-corrected chi connectivity index (χ2v) is 8.00. The highest BCUT2D eigenvalue weighted by atomic mass is 16.5. The molecule has 2 fully saturated rings. The molecule has 24 heavy (non-hydrogen) atoms. The van der Waals surface area contributed by atoms with Crippen LogP contribution in [0.25, 0.3) is 0 Å². The summed E-state index contributed by atoms with van der Waals surface area (Å²) in [5.74, 6) is 3.69. The first-order chi connectivity index (χ1) is 11.4. The molecule has 0 spiro atoms. The van der Waals surface area contributed by atoms with Crippen LogP contribution in [0.1, 0.15) is 52.4 Å². The smallest absolute Gasteiger partial charge is 0.125 e. The van der Waals surface area contributed by atoms with Gasteiger partial charge in [-0.25, -0.2) is 0 Å². The van der Waals surface area contributed by atoms with Crippen LogP contribution >= 0.6 is 0 Å². The van der Waals surface area contributed by atoms with Crippen molar-refractivity contribution in [3.8, 4) is 24.9 Å². The summed E-state index contributed by atoms with van der Waals surface area (Å²) >= 11 is 0. The highest BCUT2D eigenvalue weighted by Gasteiger charge is 2.44. The largest absolute Gasteiger partial charge is 0.442 e. The maximum Gasteiger partial charge on any atom is 0.125 e. The Hall–Kier alpha value is -1.20. The van der Waals surface area contributed by atoms with Crippen molar-refractivity contribution < 1.29 is 9.47 Å². The van der Waals surface area contributed by atoms with Gasteiger partial charge >= 0.3 is 0 Å².